The molecule has 22 heavy (non-hydrogen) atoms. The van der Waals surface area contributed by atoms with Gasteiger partial charge in [0.15, 0.2) is 0 Å². The molecule has 2 aromatic carbocycles. The van der Waals surface area contributed by atoms with Gasteiger partial charge in [0.1, 0.15) is 0 Å². The molecule has 0 saturated heterocycles. The summed E-state index contributed by atoms with van der Waals surface area (Å²) in [5.41, 5.74) is 4.75. The highest BCUT2D eigenvalue weighted by Gasteiger charge is 2.23. The van der Waals surface area contributed by atoms with E-state index in [-0.39, 0.29) is 11.8 Å². The summed E-state index contributed by atoms with van der Waals surface area (Å²) in [6.45, 7) is 3.04. The number of para-hydroxylation sites is 1. The van der Waals surface area contributed by atoms with E-state index in [9.17, 15) is 9.59 Å². The molecule has 0 radical (unpaired) electrons. The number of hydrogen-bond donors (Lipinski definition) is 1. The number of aryl methyl sites for hydroxylation is 2. The molecule has 0 aliphatic carbocycles. The summed E-state index contributed by atoms with van der Waals surface area (Å²) in [6.07, 6.45) is 1.77. The summed E-state index contributed by atoms with van der Waals surface area (Å²) in [4.78, 5) is 25.3. The number of hydrogen-bond acceptors (Lipinski definition) is 2. The van der Waals surface area contributed by atoms with E-state index in [1.54, 1.807) is 11.8 Å². The Morgan fingerprint density at radius 1 is 0.955 bits per heavy atom. The Balaban J connectivity index is 2.15. The zero-order valence-electron chi connectivity index (χ0n) is 12.7. The third kappa shape index (κ3) is 2.60. The van der Waals surface area contributed by atoms with E-state index in [1.165, 1.54) is 6.92 Å². The third-order valence-corrected chi connectivity index (χ3v) is 3.86. The number of carbonyl (C=O) groups is 2. The Morgan fingerprint density at radius 3 is 2.32 bits per heavy atom. The van der Waals surface area contributed by atoms with Crippen molar-refractivity contribution in [3.63, 3.8) is 0 Å². The maximum atomic E-state index is 12.2. The average Bonchev–Trinajstić information content (AvgIpc) is 2.62. The number of nitrogens with zero attached hydrogens (tertiary/aromatic N) is 1. The molecule has 0 fully saturated rings. The van der Waals surface area contributed by atoms with Crippen molar-refractivity contribution in [1.29, 1.82) is 0 Å². The summed E-state index contributed by atoms with van der Waals surface area (Å²) in [5.74, 6) is -0.154. The Morgan fingerprint density at radius 2 is 1.64 bits per heavy atom. The van der Waals surface area contributed by atoms with Crippen molar-refractivity contribution < 1.29 is 9.59 Å². The number of rotatable bonds is 1. The SMILES string of the molecule is CC(=O)Nc1ccc2c(c1)N(C(C)=O)c1ccccc1CC2. The average molecular weight is 294 g/mol. The smallest absolute Gasteiger partial charge is 0.228 e. The standard InChI is InChI=1S/C18H18N2O2/c1-12(21)19-16-10-9-15-8-7-14-5-3-4-6-17(14)20(13(2)22)18(15)11-16/h3-6,9-11H,7-8H2,1-2H3,(H,19,21). The fourth-order valence-corrected chi connectivity index (χ4v) is 2.94. The summed E-state index contributed by atoms with van der Waals surface area (Å²) in [6, 6.07) is 13.7. The van der Waals surface area contributed by atoms with Crippen molar-refractivity contribution in [2.24, 2.45) is 0 Å². The normalized spacial score (nSPS) is 12.9. The van der Waals surface area contributed by atoms with E-state index >= 15 is 0 Å². The van der Waals surface area contributed by atoms with Gasteiger partial charge in [-0.2, -0.15) is 0 Å². The number of anilines is 3. The molecule has 0 spiro atoms. The van der Waals surface area contributed by atoms with Crippen LogP contribution in [0.1, 0.15) is 25.0 Å². The fourth-order valence-electron chi connectivity index (χ4n) is 2.94. The monoisotopic (exact) mass is 294 g/mol. The predicted octanol–water partition coefficient (Wildman–Crippen LogP) is 3.43. The highest BCUT2D eigenvalue weighted by atomic mass is 16.2. The van der Waals surface area contributed by atoms with Crippen LogP contribution in [0.25, 0.3) is 0 Å². The van der Waals surface area contributed by atoms with Crippen LogP contribution in [0.3, 0.4) is 0 Å². The van der Waals surface area contributed by atoms with Crippen molar-refractivity contribution in [3.8, 4) is 0 Å². The third-order valence-electron chi connectivity index (χ3n) is 3.86. The van der Waals surface area contributed by atoms with Crippen LogP contribution in [-0.2, 0) is 22.4 Å². The lowest BCUT2D eigenvalue weighted by Gasteiger charge is -2.24. The van der Waals surface area contributed by atoms with Gasteiger partial charge in [-0.3, -0.25) is 14.5 Å². The summed E-state index contributed by atoms with van der Waals surface area (Å²) >= 11 is 0. The van der Waals surface area contributed by atoms with Gasteiger partial charge in [-0.25, -0.2) is 0 Å². The Labute approximate surface area is 129 Å². The molecule has 112 valence electrons. The van der Waals surface area contributed by atoms with E-state index in [2.05, 4.69) is 11.4 Å². The highest BCUT2D eigenvalue weighted by Crippen LogP contribution is 2.37. The van der Waals surface area contributed by atoms with Crippen molar-refractivity contribution in [2.45, 2.75) is 26.7 Å². The molecule has 1 N–H and O–H groups in total. The first-order valence-electron chi connectivity index (χ1n) is 7.35. The largest absolute Gasteiger partial charge is 0.326 e. The van der Waals surface area contributed by atoms with Gasteiger partial charge in [0.25, 0.3) is 0 Å². The Kier molecular flexibility index (Phi) is 3.67. The number of nitrogens with one attached hydrogen (secondary N) is 1. The van der Waals surface area contributed by atoms with Crippen LogP contribution in [0.5, 0.6) is 0 Å². The first kappa shape index (κ1) is 14.3. The van der Waals surface area contributed by atoms with E-state index in [0.717, 1.165) is 35.3 Å². The van der Waals surface area contributed by atoms with Crippen LogP contribution in [-0.4, -0.2) is 11.8 Å². The minimum absolute atomic E-state index is 0.0319. The van der Waals surface area contributed by atoms with Gasteiger partial charge in [0.2, 0.25) is 11.8 Å². The minimum atomic E-state index is -0.122. The maximum absolute atomic E-state index is 12.2. The summed E-state index contributed by atoms with van der Waals surface area (Å²) in [5, 5.41) is 2.78. The highest BCUT2D eigenvalue weighted by molar-refractivity contribution is 6.02. The Hall–Kier alpha value is -2.62. The zero-order chi connectivity index (χ0) is 15.7. The van der Waals surface area contributed by atoms with Gasteiger partial charge < -0.3 is 5.32 Å². The van der Waals surface area contributed by atoms with E-state index < -0.39 is 0 Å². The first-order chi connectivity index (χ1) is 10.6. The number of benzene rings is 2. The second kappa shape index (κ2) is 5.64. The second-order valence-electron chi connectivity index (χ2n) is 5.51. The molecular formula is C18H18N2O2. The molecule has 3 rings (SSSR count). The van der Waals surface area contributed by atoms with Crippen LogP contribution in [0, 0.1) is 0 Å². The predicted molar refractivity (Wildman–Crippen MR) is 87.4 cm³/mol. The molecule has 4 heteroatoms. The molecule has 4 nitrogen and oxygen atoms in total. The number of carbonyl (C=O) groups excluding carboxylic acids is 2. The van der Waals surface area contributed by atoms with E-state index in [0.29, 0.717) is 5.69 Å². The summed E-state index contributed by atoms with van der Waals surface area (Å²) < 4.78 is 0. The Bertz CT molecular complexity index is 753. The molecule has 0 bridgehead atoms. The first-order valence-corrected chi connectivity index (χ1v) is 7.35. The lowest BCUT2D eigenvalue weighted by Crippen LogP contribution is -2.24. The number of fused-ring (bicyclic) bond motifs is 2. The van der Waals surface area contributed by atoms with Crippen LogP contribution >= 0.6 is 0 Å². The van der Waals surface area contributed by atoms with Crippen molar-refractivity contribution >= 4 is 28.9 Å². The van der Waals surface area contributed by atoms with Gasteiger partial charge in [-0.05, 0) is 42.2 Å². The van der Waals surface area contributed by atoms with Crippen molar-refractivity contribution in [1.82, 2.24) is 0 Å². The van der Waals surface area contributed by atoms with Gasteiger partial charge in [-0.1, -0.05) is 24.3 Å². The molecule has 2 aromatic rings. The number of amides is 2. The molecular weight excluding hydrogens is 276 g/mol. The van der Waals surface area contributed by atoms with Crippen molar-refractivity contribution in [2.75, 3.05) is 10.2 Å². The molecule has 1 heterocycles. The molecule has 2 amide bonds. The molecule has 0 unspecified atom stereocenters. The quantitative estimate of drug-likeness (QED) is 0.876. The molecule has 1 aliphatic rings. The van der Waals surface area contributed by atoms with Crippen LogP contribution in [0.15, 0.2) is 42.5 Å². The van der Waals surface area contributed by atoms with Gasteiger partial charge in [0.05, 0.1) is 11.4 Å². The minimum Gasteiger partial charge on any atom is -0.326 e. The molecule has 0 aromatic heterocycles. The topological polar surface area (TPSA) is 49.4 Å². The van der Waals surface area contributed by atoms with Crippen molar-refractivity contribution in [3.05, 3.63) is 53.6 Å². The molecule has 1 aliphatic heterocycles. The zero-order valence-corrected chi connectivity index (χ0v) is 12.7. The van der Waals surface area contributed by atoms with Crippen LogP contribution < -0.4 is 10.2 Å². The van der Waals surface area contributed by atoms with Gasteiger partial charge in [0, 0.05) is 19.5 Å². The van der Waals surface area contributed by atoms with Crippen LogP contribution in [0.2, 0.25) is 0 Å². The fraction of sp³-hybridized carbons (Fsp3) is 0.222. The van der Waals surface area contributed by atoms with Crippen LogP contribution in [0.4, 0.5) is 17.1 Å². The second-order valence-corrected chi connectivity index (χ2v) is 5.51. The van der Waals surface area contributed by atoms with Gasteiger partial charge in [-0.15, -0.1) is 0 Å². The lowest BCUT2D eigenvalue weighted by atomic mass is 10.0. The summed E-state index contributed by atoms with van der Waals surface area (Å²) in [7, 11) is 0. The maximum Gasteiger partial charge on any atom is 0.228 e. The molecule has 0 atom stereocenters. The van der Waals surface area contributed by atoms with E-state index in [4.69, 9.17) is 0 Å². The lowest BCUT2D eigenvalue weighted by molar-refractivity contribution is -0.116. The molecule has 0 saturated carbocycles. The van der Waals surface area contributed by atoms with Gasteiger partial charge >= 0.3 is 0 Å². The van der Waals surface area contributed by atoms with E-state index in [1.807, 2.05) is 36.4 Å².